The number of benzene rings is 2. The van der Waals surface area contributed by atoms with E-state index in [1.807, 2.05) is 19.1 Å². The number of carbonyl (C=O) groups is 3. The fourth-order valence-electron chi connectivity index (χ4n) is 2.62. The van der Waals surface area contributed by atoms with Crippen LogP contribution >= 0.6 is 0 Å². The topological polar surface area (TPSA) is 63.7 Å². The summed E-state index contributed by atoms with van der Waals surface area (Å²) in [6, 6.07) is 13.9. The van der Waals surface area contributed by atoms with Crippen LogP contribution in [0.2, 0.25) is 0 Å². The molecule has 1 aliphatic heterocycles. The minimum atomic E-state index is -0.476. The van der Waals surface area contributed by atoms with E-state index >= 15 is 0 Å². The Balaban J connectivity index is 1.59. The molecule has 2 aromatic carbocycles. The Morgan fingerprint density at radius 1 is 0.958 bits per heavy atom. The van der Waals surface area contributed by atoms with E-state index in [0.717, 1.165) is 16.9 Å². The molecule has 0 bridgehead atoms. The van der Waals surface area contributed by atoms with Gasteiger partial charge in [-0.15, -0.1) is 0 Å². The van der Waals surface area contributed by atoms with Crippen molar-refractivity contribution in [2.24, 2.45) is 0 Å². The smallest absolute Gasteiger partial charge is 0.312 e. The molecule has 122 valence electrons. The van der Waals surface area contributed by atoms with E-state index in [0.29, 0.717) is 16.9 Å². The summed E-state index contributed by atoms with van der Waals surface area (Å²) in [5, 5.41) is 0. The zero-order chi connectivity index (χ0) is 17.1. The van der Waals surface area contributed by atoms with Gasteiger partial charge in [0.1, 0.15) is 5.75 Å². The summed E-state index contributed by atoms with van der Waals surface area (Å²) in [5.41, 5.74) is 1.91. The summed E-state index contributed by atoms with van der Waals surface area (Å²) < 4.78 is 5.23. The predicted octanol–water partition coefficient (Wildman–Crippen LogP) is 2.84. The molecule has 0 atom stereocenters. The van der Waals surface area contributed by atoms with Gasteiger partial charge in [0.2, 0.25) is 0 Å². The number of carbonyl (C=O) groups excluding carboxylic acids is 3. The number of rotatable bonds is 5. The lowest BCUT2D eigenvalue weighted by atomic mass is 10.1. The van der Waals surface area contributed by atoms with Gasteiger partial charge in [-0.2, -0.15) is 0 Å². The number of amides is 2. The summed E-state index contributed by atoms with van der Waals surface area (Å²) in [5.74, 6) is -0.748. The minimum absolute atomic E-state index is 0.0121. The standard InChI is InChI=1S/C19H17NO4/c1-2-13-7-9-14(10-8-13)24-17(21)11-12-20-18(22)15-5-3-4-6-16(15)19(20)23/h3-10H,2,11-12H2,1H3. The van der Waals surface area contributed by atoms with Crippen molar-refractivity contribution in [1.29, 1.82) is 0 Å². The molecule has 1 heterocycles. The number of hydrogen-bond donors (Lipinski definition) is 0. The number of hydrogen-bond acceptors (Lipinski definition) is 4. The van der Waals surface area contributed by atoms with Crippen molar-refractivity contribution in [2.45, 2.75) is 19.8 Å². The third-order valence-electron chi connectivity index (χ3n) is 3.98. The monoisotopic (exact) mass is 323 g/mol. The van der Waals surface area contributed by atoms with E-state index in [1.165, 1.54) is 0 Å². The highest BCUT2D eigenvalue weighted by Crippen LogP contribution is 2.22. The first-order valence-electron chi connectivity index (χ1n) is 7.85. The molecule has 2 aromatic rings. The zero-order valence-corrected chi connectivity index (χ0v) is 13.3. The van der Waals surface area contributed by atoms with Crippen molar-refractivity contribution < 1.29 is 19.1 Å². The molecule has 0 saturated heterocycles. The van der Waals surface area contributed by atoms with Crippen molar-refractivity contribution in [2.75, 3.05) is 6.54 Å². The molecule has 1 aliphatic rings. The van der Waals surface area contributed by atoms with Gasteiger partial charge in [-0.25, -0.2) is 0 Å². The molecule has 0 spiro atoms. The Bertz CT molecular complexity index is 760. The van der Waals surface area contributed by atoms with E-state index < -0.39 is 5.97 Å². The number of imide groups is 1. The number of nitrogens with zero attached hydrogens (tertiary/aromatic N) is 1. The molecule has 3 rings (SSSR count). The normalized spacial score (nSPS) is 13.1. The number of fused-ring (bicyclic) bond motifs is 1. The van der Waals surface area contributed by atoms with Gasteiger partial charge in [-0.1, -0.05) is 31.2 Å². The lowest BCUT2D eigenvalue weighted by molar-refractivity contribution is -0.134. The third kappa shape index (κ3) is 3.06. The number of aryl methyl sites for hydroxylation is 1. The lowest BCUT2D eigenvalue weighted by Crippen LogP contribution is -2.32. The van der Waals surface area contributed by atoms with Crippen LogP contribution in [0.25, 0.3) is 0 Å². The molecular weight excluding hydrogens is 306 g/mol. The van der Waals surface area contributed by atoms with Crippen molar-refractivity contribution in [3.05, 3.63) is 65.2 Å². The van der Waals surface area contributed by atoms with Crippen LogP contribution in [0.3, 0.4) is 0 Å². The molecule has 24 heavy (non-hydrogen) atoms. The van der Waals surface area contributed by atoms with Gasteiger partial charge in [-0.3, -0.25) is 19.3 Å². The summed E-state index contributed by atoms with van der Waals surface area (Å²) >= 11 is 0. The molecule has 0 aliphatic carbocycles. The quantitative estimate of drug-likeness (QED) is 0.482. The lowest BCUT2D eigenvalue weighted by Gasteiger charge is -2.13. The Morgan fingerprint density at radius 2 is 1.54 bits per heavy atom. The second kappa shape index (κ2) is 6.66. The van der Waals surface area contributed by atoms with Crippen LogP contribution in [-0.4, -0.2) is 29.2 Å². The Hall–Kier alpha value is -2.95. The first-order valence-corrected chi connectivity index (χ1v) is 7.85. The predicted molar refractivity (Wildman–Crippen MR) is 87.9 cm³/mol. The highest BCUT2D eigenvalue weighted by molar-refractivity contribution is 6.21. The van der Waals surface area contributed by atoms with Crippen LogP contribution in [0.5, 0.6) is 5.75 Å². The van der Waals surface area contributed by atoms with Crippen molar-refractivity contribution >= 4 is 17.8 Å². The summed E-state index contributed by atoms with van der Waals surface area (Å²) in [6.45, 7) is 2.06. The van der Waals surface area contributed by atoms with E-state index in [4.69, 9.17) is 4.74 Å². The molecule has 0 aromatic heterocycles. The maximum Gasteiger partial charge on any atom is 0.312 e. The Morgan fingerprint density at radius 3 is 2.08 bits per heavy atom. The van der Waals surface area contributed by atoms with Crippen LogP contribution in [0, 0.1) is 0 Å². The number of esters is 1. The first kappa shape index (κ1) is 15.9. The van der Waals surface area contributed by atoms with Gasteiger partial charge in [0.15, 0.2) is 0 Å². The van der Waals surface area contributed by atoms with Crippen LogP contribution in [0.4, 0.5) is 0 Å². The van der Waals surface area contributed by atoms with Gasteiger partial charge in [0, 0.05) is 6.54 Å². The molecule has 5 nitrogen and oxygen atoms in total. The highest BCUT2D eigenvalue weighted by Gasteiger charge is 2.35. The van der Waals surface area contributed by atoms with Crippen molar-refractivity contribution in [3.8, 4) is 5.75 Å². The maximum absolute atomic E-state index is 12.2. The molecule has 0 N–H and O–H groups in total. The van der Waals surface area contributed by atoms with Crippen LogP contribution in [-0.2, 0) is 11.2 Å². The van der Waals surface area contributed by atoms with E-state index in [1.54, 1.807) is 36.4 Å². The van der Waals surface area contributed by atoms with Crippen LogP contribution in [0.15, 0.2) is 48.5 Å². The second-order valence-corrected chi connectivity index (χ2v) is 5.53. The minimum Gasteiger partial charge on any atom is -0.426 e. The van der Waals surface area contributed by atoms with Gasteiger partial charge in [0.25, 0.3) is 11.8 Å². The van der Waals surface area contributed by atoms with Crippen LogP contribution < -0.4 is 4.74 Å². The average Bonchev–Trinajstić information content (AvgIpc) is 2.85. The van der Waals surface area contributed by atoms with Gasteiger partial charge >= 0.3 is 5.97 Å². The first-order chi connectivity index (χ1) is 11.6. The molecule has 0 radical (unpaired) electrons. The molecule has 2 amide bonds. The Kier molecular flexibility index (Phi) is 4.42. The maximum atomic E-state index is 12.2. The summed E-state index contributed by atoms with van der Waals surface area (Å²) in [6.07, 6.45) is 0.870. The molecule has 0 saturated carbocycles. The number of ether oxygens (including phenoxy) is 1. The largest absolute Gasteiger partial charge is 0.426 e. The zero-order valence-electron chi connectivity index (χ0n) is 13.3. The highest BCUT2D eigenvalue weighted by atomic mass is 16.5. The van der Waals surface area contributed by atoms with E-state index in [2.05, 4.69) is 0 Å². The van der Waals surface area contributed by atoms with Gasteiger partial charge in [-0.05, 0) is 36.2 Å². The fraction of sp³-hybridized carbons (Fsp3) is 0.211. The average molecular weight is 323 g/mol. The second-order valence-electron chi connectivity index (χ2n) is 5.53. The third-order valence-corrected chi connectivity index (χ3v) is 3.98. The van der Waals surface area contributed by atoms with Crippen molar-refractivity contribution in [3.63, 3.8) is 0 Å². The summed E-state index contributed by atoms with van der Waals surface area (Å²) in [4.78, 5) is 37.4. The van der Waals surface area contributed by atoms with E-state index in [-0.39, 0.29) is 24.8 Å². The van der Waals surface area contributed by atoms with Crippen LogP contribution in [0.1, 0.15) is 39.6 Å². The van der Waals surface area contributed by atoms with Gasteiger partial charge < -0.3 is 4.74 Å². The van der Waals surface area contributed by atoms with Gasteiger partial charge in [0.05, 0.1) is 17.5 Å². The molecule has 0 fully saturated rings. The summed E-state index contributed by atoms with van der Waals surface area (Å²) in [7, 11) is 0. The van der Waals surface area contributed by atoms with E-state index in [9.17, 15) is 14.4 Å². The molecular formula is C19H17NO4. The molecule has 5 heteroatoms. The fourth-order valence-corrected chi connectivity index (χ4v) is 2.62. The van der Waals surface area contributed by atoms with Crippen molar-refractivity contribution in [1.82, 2.24) is 4.90 Å². The Labute approximate surface area is 139 Å². The SMILES string of the molecule is CCc1ccc(OC(=O)CCN2C(=O)c3ccccc3C2=O)cc1. The molecule has 0 unspecified atom stereocenters.